The van der Waals surface area contributed by atoms with Gasteiger partial charge in [-0.25, -0.2) is 0 Å². The quantitative estimate of drug-likeness (QED) is 0.778. The number of hydrogen-bond donors (Lipinski definition) is 1. The third kappa shape index (κ3) is 3.78. The number of hydrogen-bond acceptors (Lipinski definition) is 5. The lowest BCUT2D eigenvalue weighted by molar-refractivity contribution is 0.250. The first kappa shape index (κ1) is 10.5. The highest BCUT2D eigenvalue weighted by molar-refractivity contribution is 7.98. The Morgan fingerprint density at radius 2 is 2.38 bits per heavy atom. The van der Waals surface area contributed by atoms with Crippen molar-refractivity contribution in [3.05, 3.63) is 11.7 Å². The van der Waals surface area contributed by atoms with Gasteiger partial charge in [-0.2, -0.15) is 16.7 Å². The molecule has 0 fully saturated rings. The van der Waals surface area contributed by atoms with Crippen molar-refractivity contribution in [2.75, 3.05) is 12.4 Å². The van der Waals surface area contributed by atoms with Crippen molar-refractivity contribution >= 4 is 11.8 Å². The summed E-state index contributed by atoms with van der Waals surface area (Å²) in [5.41, 5.74) is 0. The van der Waals surface area contributed by atoms with Crippen LogP contribution in [0.3, 0.4) is 0 Å². The lowest BCUT2D eigenvalue weighted by atomic mass is 10.2. The lowest BCUT2D eigenvalue weighted by Gasteiger charge is -2.04. The van der Waals surface area contributed by atoms with Gasteiger partial charge in [0, 0.05) is 13.5 Å². The zero-order chi connectivity index (χ0) is 9.68. The van der Waals surface area contributed by atoms with Gasteiger partial charge < -0.3 is 9.63 Å². The largest absolute Gasteiger partial charge is 0.396 e. The Morgan fingerprint density at radius 1 is 1.62 bits per heavy atom. The molecule has 1 aromatic rings. The maximum Gasteiger partial charge on any atom is 0.223 e. The van der Waals surface area contributed by atoms with Gasteiger partial charge in [0.15, 0.2) is 5.82 Å². The summed E-state index contributed by atoms with van der Waals surface area (Å²) in [4.78, 5) is 4.07. The van der Waals surface area contributed by atoms with Crippen LogP contribution in [0.2, 0.25) is 0 Å². The molecule has 13 heavy (non-hydrogen) atoms. The van der Waals surface area contributed by atoms with E-state index < -0.39 is 0 Å². The van der Waals surface area contributed by atoms with Crippen LogP contribution in [0, 0.1) is 12.8 Å². The molecule has 1 atom stereocenters. The number of nitrogens with zero attached hydrogens (tertiary/aromatic N) is 2. The summed E-state index contributed by atoms with van der Waals surface area (Å²) in [7, 11) is 0. The number of rotatable bonds is 5. The summed E-state index contributed by atoms with van der Waals surface area (Å²) in [5.74, 6) is 3.34. The SMILES string of the molecule is Cc1nc(CSCC(C)CO)no1. The number of aliphatic hydroxyl groups excluding tert-OH is 1. The van der Waals surface area contributed by atoms with E-state index in [1.165, 1.54) is 0 Å². The van der Waals surface area contributed by atoms with Crippen LogP contribution in [0.4, 0.5) is 0 Å². The Bertz CT molecular complexity index is 252. The normalized spacial score (nSPS) is 13.2. The van der Waals surface area contributed by atoms with Crippen LogP contribution in [0.25, 0.3) is 0 Å². The van der Waals surface area contributed by atoms with Gasteiger partial charge in [-0.05, 0) is 11.7 Å². The second-order valence-electron chi connectivity index (χ2n) is 3.03. The maximum absolute atomic E-state index is 8.77. The number of aliphatic hydroxyl groups is 1. The van der Waals surface area contributed by atoms with E-state index >= 15 is 0 Å². The van der Waals surface area contributed by atoms with Crippen molar-refractivity contribution in [1.82, 2.24) is 10.1 Å². The Labute approximate surface area is 81.7 Å². The Morgan fingerprint density at radius 3 is 2.92 bits per heavy atom. The van der Waals surface area contributed by atoms with Crippen LogP contribution in [0.1, 0.15) is 18.6 Å². The Kier molecular flexibility index (Phi) is 4.24. The highest BCUT2D eigenvalue weighted by Crippen LogP contribution is 2.12. The minimum absolute atomic E-state index is 0.234. The zero-order valence-corrected chi connectivity index (χ0v) is 8.67. The summed E-state index contributed by atoms with van der Waals surface area (Å²) >= 11 is 1.71. The molecular weight excluding hydrogens is 188 g/mol. The molecule has 5 heteroatoms. The molecule has 1 aromatic heterocycles. The smallest absolute Gasteiger partial charge is 0.223 e. The summed E-state index contributed by atoms with van der Waals surface area (Å²) in [6.45, 7) is 4.02. The molecule has 0 amide bonds. The molecule has 1 heterocycles. The lowest BCUT2D eigenvalue weighted by Crippen LogP contribution is -2.03. The average Bonchev–Trinajstić information content (AvgIpc) is 2.51. The van der Waals surface area contributed by atoms with E-state index in [0.717, 1.165) is 17.3 Å². The molecule has 1 unspecified atom stereocenters. The highest BCUT2D eigenvalue weighted by atomic mass is 32.2. The van der Waals surface area contributed by atoms with Crippen molar-refractivity contribution < 1.29 is 9.63 Å². The molecule has 0 aliphatic carbocycles. The van der Waals surface area contributed by atoms with Gasteiger partial charge in [0.25, 0.3) is 0 Å². The van der Waals surface area contributed by atoms with Gasteiger partial charge >= 0.3 is 0 Å². The molecule has 0 saturated heterocycles. The van der Waals surface area contributed by atoms with Crippen molar-refractivity contribution in [2.24, 2.45) is 5.92 Å². The van der Waals surface area contributed by atoms with Crippen LogP contribution >= 0.6 is 11.8 Å². The second-order valence-corrected chi connectivity index (χ2v) is 4.06. The zero-order valence-electron chi connectivity index (χ0n) is 7.86. The van der Waals surface area contributed by atoms with E-state index in [4.69, 9.17) is 9.63 Å². The van der Waals surface area contributed by atoms with Gasteiger partial charge in [0.1, 0.15) is 0 Å². The summed E-state index contributed by atoms with van der Waals surface area (Å²) in [6, 6.07) is 0. The molecule has 4 nitrogen and oxygen atoms in total. The minimum atomic E-state index is 0.234. The van der Waals surface area contributed by atoms with Gasteiger partial charge in [-0.3, -0.25) is 0 Å². The average molecular weight is 202 g/mol. The van der Waals surface area contributed by atoms with Crippen molar-refractivity contribution in [3.63, 3.8) is 0 Å². The number of thioether (sulfide) groups is 1. The van der Waals surface area contributed by atoms with Crippen molar-refractivity contribution in [3.8, 4) is 0 Å². The third-order valence-corrected chi connectivity index (χ3v) is 2.78. The molecule has 0 saturated carbocycles. The first-order valence-corrected chi connectivity index (χ1v) is 5.35. The molecule has 1 rings (SSSR count). The van der Waals surface area contributed by atoms with E-state index in [-0.39, 0.29) is 6.61 Å². The Balaban J connectivity index is 2.20. The molecule has 0 radical (unpaired) electrons. The summed E-state index contributed by atoms with van der Waals surface area (Å²) in [6.07, 6.45) is 0. The molecular formula is C8H14N2O2S. The third-order valence-electron chi connectivity index (χ3n) is 1.51. The summed E-state index contributed by atoms with van der Waals surface area (Å²) < 4.78 is 4.82. The van der Waals surface area contributed by atoms with E-state index in [1.54, 1.807) is 18.7 Å². The second kappa shape index (κ2) is 5.24. The first-order chi connectivity index (χ1) is 6.22. The maximum atomic E-state index is 8.77. The topological polar surface area (TPSA) is 59.2 Å². The van der Waals surface area contributed by atoms with E-state index in [9.17, 15) is 0 Å². The van der Waals surface area contributed by atoms with Gasteiger partial charge in [-0.15, -0.1) is 0 Å². The monoisotopic (exact) mass is 202 g/mol. The van der Waals surface area contributed by atoms with E-state index in [1.807, 2.05) is 6.92 Å². The molecule has 0 bridgehead atoms. The van der Waals surface area contributed by atoms with Crippen LogP contribution in [0.15, 0.2) is 4.52 Å². The number of aromatic nitrogens is 2. The van der Waals surface area contributed by atoms with E-state index in [0.29, 0.717) is 11.8 Å². The minimum Gasteiger partial charge on any atom is -0.396 e. The van der Waals surface area contributed by atoms with Crippen molar-refractivity contribution in [2.45, 2.75) is 19.6 Å². The van der Waals surface area contributed by atoms with Crippen LogP contribution in [0.5, 0.6) is 0 Å². The Hall–Kier alpha value is -0.550. The van der Waals surface area contributed by atoms with Crippen LogP contribution < -0.4 is 0 Å². The van der Waals surface area contributed by atoms with Gasteiger partial charge in [-0.1, -0.05) is 12.1 Å². The van der Waals surface area contributed by atoms with Crippen LogP contribution in [-0.2, 0) is 5.75 Å². The van der Waals surface area contributed by atoms with Gasteiger partial charge in [0.2, 0.25) is 5.89 Å². The predicted molar refractivity (Wildman–Crippen MR) is 51.4 cm³/mol. The molecule has 0 aliphatic rings. The summed E-state index contributed by atoms with van der Waals surface area (Å²) in [5, 5.41) is 12.5. The number of aryl methyl sites for hydroxylation is 1. The fourth-order valence-electron chi connectivity index (χ4n) is 0.804. The first-order valence-electron chi connectivity index (χ1n) is 4.20. The highest BCUT2D eigenvalue weighted by Gasteiger charge is 2.04. The predicted octanol–water partition coefficient (Wildman–Crippen LogP) is 1.24. The molecule has 0 aliphatic heterocycles. The molecule has 74 valence electrons. The fourth-order valence-corrected chi connectivity index (χ4v) is 1.73. The van der Waals surface area contributed by atoms with E-state index in [2.05, 4.69) is 10.1 Å². The fraction of sp³-hybridized carbons (Fsp3) is 0.750. The standard InChI is InChI=1S/C8H14N2O2S/c1-6(3-11)4-13-5-8-9-7(2)12-10-8/h6,11H,3-5H2,1-2H3. The van der Waals surface area contributed by atoms with Crippen molar-refractivity contribution in [1.29, 1.82) is 0 Å². The van der Waals surface area contributed by atoms with Crippen LogP contribution in [-0.4, -0.2) is 27.6 Å². The molecule has 1 N–H and O–H groups in total. The van der Waals surface area contributed by atoms with Gasteiger partial charge in [0.05, 0.1) is 5.75 Å². The molecule has 0 aromatic carbocycles. The molecule has 0 spiro atoms.